The highest BCUT2D eigenvalue weighted by Crippen LogP contribution is 2.25. The van der Waals surface area contributed by atoms with E-state index in [0.717, 1.165) is 17.0 Å². The van der Waals surface area contributed by atoms with E-state index in [1.54, 1.807) is 0 Å². The Morgan fingerprint density at radius 3 is 2.94 bits per heavy atom. The summed E-state index contributed by atoms with van der Waals surface area (Å²) in [4.78, 5) is 14.6. The number of hydrogen-bond donors (Lipinski definition) is 2. The zero-order chi connectivity index (χ0) is 12.3. The maximum absolute atomic E-state index is 11.6. The third-order valence-corrected chi connectivity index (χ3v) is 4.41. The molecule has 1 amide bonds. The van der Waals surface area contributed by atoms with Gasteiger partial charge in [0.15, 0.2) is 0 Å². The van der Waals surface area contributed by atoms with Gasteiger partial charge in [-0.3, -0.25) is 15.1 Å². The van der Waals surface area contributed by atoms with Crippen molar-refractivity contribution in [1.29, 1.82) is 0 Å². The van der Waals surface area contributed by atoms with Gasteiger partial charge in [0.2, 0.25) is 0 Å². The highest BCUT2D eigenvalue weighted by atomic mass is 32.1. The molecule has 1 heterocycles. The summed E-state index contributed by atoms with van der Waals surface area (Å²) in [6.45, 7) is 0.830. The lowest BCUT2D eigenvalue weighted by atomic mass is 10.2. The third kappa shape index (κ3) is 2.86. The van der Waals surface area contributed by atoms with Crippen molar-refractivity contribution in [1.82, 2.24) is 10.3 Å². The summed E-state index contributed by atoms with van der Waals surface area (Å²) >= 11 is 1.45. The van der Waals surface area contributed by atoms with Gasteiger partial charge in [0, 0.05) is 12.6 Å². The Morgan fingerprint density at radius 1 is 1.59 bits per heavy atom. The van der Waals surface area contributed by atoms with Crippen molar-refractivity contribution in [2.75, 3.05) is 7.05 Å². The molecule has 5 heteroatoms. The fraction of sp³-hybridized carbons (Fsp3) is 0.583. The highest BCUT2D eigenvalue weighted by molar-refractivity contribution is 7.12. The second-order valence-electron chi connectivity index (χ2n) is 4.60. The van der Waals surface area contributed by atoms with Crippen molar-refractivity contribution in [3.8, 4) is 0 Å². The highest BCUT2D eigenvalue weighted by Gasteiger charge is 2.21. The first-order chi connectivity index (χ1) is 8.22. The van der Waals surface area contributed by atoms with Crippen LogP contribution in [0.1, 0.15) is 40.9 Å². The molecular formula is C12H19N3OS. The van der Waals surface area contributed by atoms with Gasteiger partial charge in [-0.05, 0) is 36.9 Å². The Labute approximate surface area is 106 Å². The molecule has 17 heavy (non-hydrogen) atoms. The number of rotatable bonds is 4. The molecule has 0 atom stereocenters. The molecule has 1 aromatic heterocycles. The summed E-state index contributed by atoms with van der Waals surface area (Å²) in [5, 5.41) is 1.95. The van der Waals surface area contributed by atoms with Crippen LogP contribution in [0.25, 0.3) is 0 Å². The van der Waals surface area contributed by atoms with Crippen LogP contribution in [0.15, 0.2) is 11.4 Å². The van der Waals surface area contributed by atoms with Crippen LogP contribution >= 0.6 is 11.3 Å². The predicted molar refractivity (Wildman–Crippen MR) is 69.7 cm³/mol. The fourth-order valence-corrected chi connectivity index (χ4v) is 3.29. The number of hydrogen-bond acceptors (Lipinski definition) is 4. The summed E-state index contributed by atoms with van der Waals surface area (Å²) in [5.74, 6) is 4.99. The quantitative estimate of drug-likeness (QED) is 0.488. The summed E-state index contributed by atoms with van der Waals surface area (Å²) in [7, 11) is 2.14. The van der Waals surface area contributed by atoms with E-state index < -0.39 is 0 Å². The van der Waals surface area contributed by atoms with Gasteiger partial charge in [0.1, 0.15) is 0 Å². The molecule has 0 saturated heterocycles. The number of thiophene rings is 1. The number of nitrogens with one attached hydrogen (secondary N) is 1. The Kier molecular flexibility index (Phi) is 4.15. The van der Waals surface area contributed by atoms with E-state index in [2.05, 4.69) is 17.4 Å². The minimum atomic E-state index is -0.185. The maximum Gasteiger partial charge on any atom is 0.275 e. The van der Waals surface area contributed by atoms with Crippen molar-refractivity contribution in [3.63, 3.8) is 0 Å². The zero-order valence-electron chi connectivity index (χ0n) is 10.1. The van der Waals surface area contributed by atoms with E-state index in [0.29, 0.717) is 6.04 Å². The average Bonchev–Trinajstić information content (AvgIpc) is 2.98. The van der Waals surface area contributed by atoms with Gasteiger partial charge in [0.05, 0.1) is 4.88 Å². The number of carbonyl (C=O) groups is 1. The fourth-order valence-electron chi connectivity index (χ4n) is 2.47. The standard InChI is InChI=1S/C12H19N3OS/c1-15(10-4-2-3-5-10)8-9-6-7-17-11(9)12(16)14-13/h6-7,10H,2-5,8,13H2,1H3,(H,14,16). The molecule has 4 nitrogen and oxygen atoms in total. The van der Waals surface area contributed by atoms with Crippen molar-refractivity contribution >= 4 is 17.2 Å². The molecule has 0 unspecified atom stereocenters. The Hall–Kier alpha value is -0.910. The predicted octanol–water partition coefficient (Wildman–Crippen LogP) is 1.73. The minimum Gasteiger partial charge on any atom is -0.299 e. The van der Waals surface area contributed by atoms with Crippen molar-refractivity contribution in [3.05, 3.63) is 21.9 Å². The van der Waals surface area contributed by atoms with E-state index in [-0.39, 0.29) is 5.91 Å². The van der Waals surface area contributed by atoms with E-state index >= 15 is 0 Å². The molecule has 1 aliphatic rings. The molecule has 1 saturated carbocycles. The van der Waals surface area contributed by atoms with Crippen molar-refractivity contribution in [2.45, 2.75) is 38.3 Å². The Balaban J connectivity index is 2.02. The molecule has 94 valence electrons. The van der Waals surface area contributed by atoms with Crippen molar-refractivity contribution in [2.24, 2.45) is 5.84 Å². The van der Waals surface area contributed by atoms with Crippen LogP contribution < -0.4 is 11.3 Å². The van der Waals surface area contributed by atoms with Crippen molar-refractivity contribution < 1.29 is 4.79 Å². The van der Waals surface area contributed by atoms with Gasteiger partial charge in [-0.1, -0.05) is 12.8 Å². The maximum atomic E-state index is 11.6. The molecule has 3 N–H and O–H groups in total. The largest absolute Gasteiger partial charge is 0.299 e. The van der Waals surface area contributed by atoms with Crippen LogP contribution in [0.3, 0.4) is 0 Å². The van der Waals surface area contributed by atoms with Crippen LogP contribution in [0.2, 0.25) is 0 Å². The SMILES string of the molecule is CN(Cc1ccsc1C(=O)NN)C1CCCC1. The zero-order valence-corrected chi connectivity index (χ0v) is 10.9. The molecule has 1 aliphatic carbocycles. The van der Waals surface area contributed by atoms with Crippen LogP contribution in [-0.4, -0.2) is 23.9 Å². The van der Waals surface area contributed by atoms with Gasteiger partial charge in [0.25, 0.3) is 5.91 Å². The summed E-state index contributed by atoms with van der Waals surface area (Å²) in [6, 6.07) is 2.68. The summed E-state index contributed by atoms with van der Waals surface area (Å²) in [5.41, 5.74) is 3.28. The lowest BCUT2D eigenvalue weighted by molar-refractivity contribution is 0.0955. The molecule has 0 radical (unpaired) electrons. The third-order valence-electron chi connectivity index (χ3n) is 3.45. The van der Waals surface area contributed by atoms with E-state index in [9.17, 15) is 4.79 Å². The molecule has 0 bridgehead atoms. The minimum absolute atomic E-state index is 0.185. The van der Waals surface area contributed by atoms with E-state index in [4.69, 9.17) is 5.84 Å². The van der Waals surface area contributed by atoms with Gasteiger partial charge in [-0.15, -0.1) is 11.3 Å². The topological polar surface area (TPSA) is 58.4 Å². The second-order valence-corrected chi connectivity index (χ2v) is 5.52. The summed E-state index contributed by atoms with van der Waals surface area (Å²) < 4.78 is 0. The van der Waals surface area contributed by atoms with Crippen LogP contribution in [0, 0.1) is 0 Å². The number of nitrogens with two attached hydrogens (primary N) is 1. The van der Waals surface area contributed by atoms with Gasteiger partial charge in [-0.25, -0.2) is 5.84 Å². The first-order valence-electron chi connectivity index (χ1n) is 6.00. The molecule has 1 fully saturated rings. The smallest absolute Gasteiger partial charge is 0.275 e. The van der Waals surface area contributed by atoms with Crippen LogP contribution in [-0.2, 0) is 6.54 Å². The molecule has 0 aliphatic heterocycles. The molecule has 0 spiro atoms. The van der Waals surface area contributed by atoms with Crippen LogP contribution in [0.5, 0.6) is 0 Å². The number of hydrazine groups is 1. The molecule has 1 aromatic rings. The first-order valence-corrected chi connectivity index (χ1v) is 6.88. The number of amides is 1. The van der Waals surface area contributed by atoms with E-state index in [1.807, 2.05) is 11.4 Å². The number of nitrogens with zero attached hydrogens (tertiary/aromatic N) is 1. The number of carbonyl (C=O) groups excluding carboxylic acids is 1. The molecular weight excluding hydrogens is 234 g/mol. The second kappa shape index (κ2) is 5.62. The number of nitrogen functional groups attached to an aromatic ring is 1. The Bertz CT molecular complexity index is 385. The molecule has 0 aromatic carbocycles. The average molecular weight is 253 g/mol. The summed E-state index contributed by atoms with van der Waals surface area (Å²) in [6.07, 6.45) is 5.21. The molecule has 2 rings (SSSR count). The van der Waals surface area contributed by atoms with Crippen LogP contribution in [0.4, 0.5) is 0 Å². The Morgan fingerprint density at radius 2 is 2.29 bits per heavy atom. The first kappa shape index (κ1) is 12.5. The lowest BCUT2D eigenvalue weighted by Crippen LogP contribution is -2.32. The van der Waals surface area contributed by atoms with E-state index in [1.165, 1.54) is 37.0 Å². The van der Waals surface area contributed by atoms with Gasteiger partial charge in [-0.2, -0.15) is 0 Å². The van der Waals surface area contributed by atoms with Gasteiger partial charge < -0.3 is 0 Å². The normalized spacial score (nSPS) is 16.6. The monoisotopic (exact) mass is 253 g/mol. The lowest BCUT2D eigenvalue weighted by Gasteiger charge is -2.23. The van der Waals surface area contributed by atoms with Gasteiger partial charge >= 0.3 is 0 Å².